The van der Waals surface area contributed by atoms with Crippen molar-refractivity contribution in [1.29, 1.82) is 0 Å². The summed E-state index contributed by atoms with van der Waals surface area (Å²) < 4.78 is 10.7. The van der Waals surface area contributed by atoms with Crippen molar-refractivity contribution in [2.45, 2.75) is 0 Å². The predicted molar refractivity (Wildman–Crippen MR) is 54.0 cm³/mol. The predicted octanol–water partition coefficient (Wildman–Crippen LogP) is 1.62. The van der Waals surface area contributed by atoms with Gasteiger partial charge in [-0.3, -0.25) is 4.21 Å². The van der Waals surface area contributed by atoms with Crippen LogP contribution in [0.4, 0.5) is 5.69 Å². The van der Waals surface area contributed by atoms with E-state index in [1.807, 2.05) is 24.3 Å². The summed E-state index contributed by atoms with van der Waals surface area (Å²) in [5.41, 5.74) is 7.27. The van der Waals surface area contributed by atoms with E-state index in [9.17, 15) is 4.21 Å². The third-order valence-corrected chi connectivity index (χ3v) is 1.95. The maximum atomic E-state index is 10.7. The molecule has 12 heavy (non-hydrogen) atoms. The fraction of sp³-hybridized carbons (Fsp3) is 0.111. The van der Waals surface area contributed by atoms with Crippen LogP contribution in [0.25, 0.3) is 6.08 Å². The number of para-hydroxylation sites is 1. The van der Waals surface area contributed by atoms with Crippen molar-refractivity contribution in [3.63, 3.8) is 0 Å². The number of hydrogen-bond donors (Lipinski definition) is 1. The van der Waals surface area contributed by atoms with E-state index in [-0.39, 0.29) is 0 Å². The highest BCUT2D eigenvalue weighted by molar-refractivity contribution is 7.87. The molecule has 1 atom stereocenters. The quantitative estimate of drug-likeness (QED) is 0.704. The highest BCUT2D eigenvalue weighted by Crippen LogP contribution is 2.11. The molecular weight excluding hydrogens is 170 g/mol. The van der Waals surface area contributed by atoms with Crippen molar-refractivity contribution >= 4 is 22.6 Å². The van der Waals surface area contributed by atoms with Crippen LogP contribution in [0.1, 0.15) is 5.56 Å². The lowest BCUT2D eigenvalue weighted by atomic mass is 10.2. The zero-order valence-corrected chi connectivity index (χ0v) is 7.67. The van der Waals surface area contributed by atoms with Gasteiger partial charge in [0.1, 0.15) is 0 Å². The van der Waals surface area contributed by atoms with Gasteiger partial charge in [0.25, 0.3) is 0 Å². The minimum Gasteiger partial charge on any atom is -0.398 e. The van der Waals surface area contributed by atoms with Crippen LogP contribution in [-0.2, 0) is 10.8 Å². The Hall–Kier alpha value is -1.09. The number of hydrogen-bond acceptors (Lipinski definition) is 2. The summed E-state index contributed by atoms with van der Waals surface area (Å²) in [5.74, 6) is 0. The van der Waals surface area contributed by atoms with E-state index in [4.69, 9.17) is 5.73 Å². The summed E-state index contributed by atoms with van der Waals surface area (Å²) in [6.45, 7) is 0. The van der Waals surface area contributed by atoms with Crippen LogP contribution < -0.4 is 5.73 Å². The van der Waals surface area contributed by atoms with E-state index in [1.165, 1.54) is 0 Å². The van der Waals surface area contributed by atoms with Gasteiger partial charge in [-0.1, -0.05) is 18.2 Å². The highest BCUT2D eigenvalue weighted by atomic mass is 32.2. The first-order chi connectivity index (χ1) is 5.70. The second-order valence-electron chi connectivity index (χ2n) is 2.43. The molecule has 1 unspecified atom stereocenters. The third kappa shape index (κ3) is 2.51. The fourth-order valence-corrected chi connectivity index (χ4v) is 1.17. The molecule has 3 heteroatoms. The summed E-state index contributed by atoms with van der Waals surface area (Å²) in [4.78, 5) is 0. The van der Waals surface area contributed by atoms with E-state index in [1.54, 1.807) is 17.7 Å². The lowest BCUT2D eigenvalue weighted by Crippen LogP contribution is -1.87. The molecule has 0 aliphatic carbocycles. The van der Waals surface area contributed by atoms with Crippen molar-refractivity contribution in [1.82, 2.24) is 0 Å². The van der Waals surface area contributed by atoms with Crippen LogP contribution in [0.3, 0.4) is 0 Å². The topological polar surface area (TPSA) is 43.1 Å². The number of anilines is 1. The van der Waals surface area contributed by atoms with Gasteiger partial charge in [0.15, 0.2) is 0 Å². The second kappa shape index (κ2) is 4.07. The highest BCUT2D eigenvalue weighted by Gasteiger charge is 1.91. The average Bonchev–Trinajstić information content (AvgIpc) is 2.03. The van der Waals surface area contributed by atoms with E-state index < -0.39 is 10.8 Å². The molecule has 2 N–H and O–H groups in total. The van der Waals surface area contributed by atoms with Gasteiger partial charge in [-0.05, 0) is 17.7 Å². The maximum absolute atomic E-state index is 10.7. The average molecular weight is 181 g/mol. The van der Waals surface area contributed by atoms with Gasteiger partial charge in [-0.15, -0.1) is 0 Å². The zero-order chi connectivity index (χ0) is 8.97. The van der Waals surface area contributed by atoms with Gasteiger partial charge in [0.05, 0.1) is 0 Å². The van der Waals surface area contributed by atoms with Gasteiger partial charge in [0.2, 0.25) is 0 Å². The smallest absolute Gasteiger partial charge is 0.0424 e. The third-order valence-electron chi connectivity index (χ3n) is 1.44. The van der Waals surface area contributed by atoms with Gasteiger partial charge in [-0.2, -0.15) is 0 Å². The molecule has 2 nitrogen and oxygen atoms in total. The minimum absolute atomic E-state index is 0.708. The molecule has 0 radical (unpaired) electrons. The zero-order valence-electron chi connectivity index (χ0n) is 6.86. The van der Waals surface area contributed by atoms with Gasteiger partial charge >= 0.3 is 0 Å². The molecule has 64 valence electrons. The Morgan fingerprint density at radius 3 is 2.67 bits per heavy atom. The van der Waals surface area contributed by atoms with Crippen molar-refractivity contribution in [3.8, 4) is 0 Å². The van der Waals surface area contributed by atoms with Crippen LogP contribution >= 0.6 is 0 Å². The van der Waals surface area contributed by atoms with E-state index in [2.05, 4.69) is 0 Å². The lowest BCUT2D eigenvalue weighted by Gasteiger charge is -1.96. The summed E-state index contributed by atoms with van der Waals surface area (Å²) in [7, 11) is -0.910. The molecule has 0 aliphatic heterocycles. The Morgan fingerprint density at radius 1 is 1.42 bits per heavy atom. The van der Waals surface area contributed by atoms with Crippen LogP contribution in [0, 0.1) is 0 Å². The second-order valence-corrected chi connectivity index (χ2v) is 3.70. The molecule has 1 aromatic rings. The number of rotatable bonds is 2. The molecular formula is C9H11NOS. The number of nitrogens with two attached hydrogens (primary N) is 1. The first-order valence-electron chi connectivity index (χ1n) is 3.55. The molecule has 0 bridgehead atoms. The Bertz CT molecular complexity index is 320. The van der Waals surface area contributed by atoms with Crippen LogP contribution in [0.15, 0.2) is 29.7 Å². The van der Waals surface area contributed by atoms with Crippen LogP contribution in [0.2, 0.25) is 0 Å². The first kappa shape index (κ1) is 9.00. The van der Waals surface area contributed by atoms with Crippen LogP contribution in [0.5, 0.6) is 0 Å². The Morgan fingerprint density at radius 2 is 2.08 bits per heavy atom. The fourth-order valence-electron chi connectivity index (χ4n) is 0.832. The van der Waals surface area contributed by atoms with Gasteiger partial charge in [-0.25, -0.2) is 0 Å². The molecule has 1 aromatic carbocycles. The van der Waals surface area contributed by atoms with Crippen molar-refractivity contribution in [2.75, 3.05) is 12.0 Å². The SMILES string of the molecule is CS(=O)/C=C\c1ccccc1N. The van der Waals surface area contributed by atoms with Gasteiger partial charge < -0.3 is 5.73 Å². The van der Waals surface area contributed by atoms with Crippen molar-refractivity contribution in [2.24, 2.45) is 0 Å². The molecule has 0 fully saturated rings. The Balaban J connectivity index is 2.89. The molecule has 0 aliphatic rings. The molecule has 0 aromatic heterocycles. The monoisotopic (exact) mass is 181 g/mol. The number of benzene rings is 1. The summed E-state index contributed by atoms with van der Waals surface area (Å²) in [6.07, 6.45) is 3.39. The van der Waals surface area contributed by atoms with E-state index in [0.717, 1.165) is 5.56 Å². The maximum Gasteiger partial charge on any atom is 0.0424 e. The standard InChI is InChI=1S/C9H11NOS/c1-12(11)7-6-8-4-2-3-5-9(8)10/h2-7H,10H2,1H3/b7-6-. The summed E-state index contributed by atoms with van der Waals surface area (Å²) >= 11 is 0. The molecule has 0 saturated carbocycles. The minimum atomic E-state index is -0.910. The Kier molecular flexibility index (Phi) is 3.05. The van der Waals surface area contributed by atoms with Gasteiger partial charge in [0, 0.05) is 28.2 Å². The Labute approximate surface area is 74.6 Å². The summed E-state index contributed by atoms with van der Waals surface area (Å²) in [6, 6.07) is 7.47. The molecule has 1 rings (SSSR count). The molecule has 0 amide bonds. The molecule has 0 heterocycles. The lowest BCUT2D eigenvalue weighted by molar-refractivity contribution is 0.692. The van der Waals surface area contributed by atoms with E-state index >= 15 is 0 Å². The van der Waals surface area contributed by atoms with E-state index in [0.29, 0.717) is 5.69 Å². The first-order valence-corrected chi connectivity index (χ1v) is 5.17. The number of nitrogen functional groups attached to an aromatic ring is 1. The summed E-state index contributed by atoms with van der Waals surface area (Å²) in [5, 5.41) is 1.62. The van der Waals surface area contributed by atoms with Crippen LogP contribution in [-0.4, -0.2) is 10.5 Å². The molecule has 0 saturated heterocycles. The van der Waals surface area contributed by atoms with Crippen molar-refractivity contribution in [3.05, 3.63) is 35.2 Å². The normalized spacial score (nSPS) is 13.4. The largest absolute Gasteiger partial charge is 0.398 e. The van der Waals surface area contributed by atoms with Crippen molar-refractivity contribution < 1.29 is 4.21 Å². The molecule has 0 spiro atoms.